The average Bonchev–Trinajstić information content (AvgIpc) is 3.02. The lowest BCUT2D eigenvalue weighted by Gasteiger charge is -2.37. The Morgan fingerprint density at radius 1 is 1.13 bits per heavy atom. The van der Waals surface area contributed by atoms with Gasteiger partial charge in [-0.1, -0.05) is 0 Å². The quantitative estimate of drug-likeness (QED) is 0.474. The number of hydrogen-bond donors (Lipinski definition) is 3. The Kier molecular flexibility index (Phi) is 5.49. The molecule has 160 valence electrons. The van der Waals surface area contributed by atoms with E-state index in [2.05, 4.69) is 4.72 Å². The van der Waals surface area contributed by atoms with Gasteiger partial charge in [0.1, 0.15) is 23.0 Å². The van der Waals surface area contributed by atoms with Crippen molar-refractivity contribution in [1.29, 1.82) is 0 Å². The number of amides is 1. The highest BCUT2D eigenvalue weighted by Crippen LogP contribution is 2.43. The van der Waals surface area contributed by atoms with Crippen LogP contribution in [-0.4, -0.2) is 31.4 Å². The third-order valence-electron chi connectivity index (χ3n) is 5.37. The van der Waals surface area contributed by atoms with Crippen LogP contribution in [0.15, 0.2) is 53.4 Å². The normalized spacial score (nSPS) is 25.7. The number of hydrogen-bond acceptors (Lipinski definition) is 6. The van der Waals surface area contributed by atoms with Crippen molar-refractivity contribution >= 4 is 15.9 Å². The molecule has 2 aromatic carbocycles. The van der Waals surface area contributed by atoms with Crippen molar-refractivity contribution in [3.63, 3.8) is 0 Å². The van der Waals surface area contributed by atoms with Gasteiger partial charge in [0.2, 0.25) is 15.9 Å². The predicted octanol–water partition coefficient (Wildman–Crippen LogP) is 2.69. The maximum absolute atomic E-state index is 13.0. The summed E-state index contributed by atoms with van der Waals surface area (Å²) in [4.78, 5) is 11.9. The van der Waals surface area contributed by atoms with Gasteiger partial charge in [0.25, 0.3) is 0 Å². The van der Waals surface area contributed by atoms with E-state index < -0.39 is 27.6 Å². The van der Waals surface area contributed by atoms with Gasteiger partial charge in [0.15, 0.2) is 0 Å². The maximum Gasteiger partial charge on any atom is 0.246 e. The van der Waals surface area contributed by atoms with Crippen LogP contribution in [0.1, 0.15) is 25.7 Å². The molecule has 2 aliphatic heterocycles. The first-order valence-electron chi connectivity index (χ1n) is 9.48. The van der Waals surface area contributed by atoms with Crippen molar-refractivity contribution in [1.82, 2.24) is 10.2 Å². The number of sulfonamides is 1. The zero-order valence-corrected chi connectivity index (χ0v) is 16.7. The third-order valence-corrected chi connectivity index (χ3v) is 6.90. The molecule has 2 aliphatic rings. The van der Waals surface area contributed by atoms with Crippen molar-refractivity contribution in [3.05, 3.63) is 54.3 Å². The zero-order chi connectivity index (χ0) is 21.4. The van der Waals surface area contributed by atoms with Gasteiger partial charge in [-0.25, -0.2) is 18.3 Å². The lowest BCUT2D eigenvalue weighted by Crippen LogP contribution is -2.53. The first-order valence-corrected chi connectivity index (χ1v) is 11.0. The second-order valence-electron chi connectivity index (χ2n) is 7.52. The predicted molar refractivity (Wildman–Crippen MR) is 103 cm³/mol. The molecule has 3 atom stereocenters. The summed E-state index contributed by atoms with van der Waals surface area (Å²) in [6.07, 6.45) is 1.40. The summed E-state index contributed by atoms with van der Waals surface area (Å²) >= 11 is 0. The largest absolute Gasteiger partial charge is 0.457 e. The van der Waals surface area contributed by atoms with Gasteiger partial charge in [-0.15, -0.1) is 0 Å². The fourth-order valence-electron chi connectivity index (χ4n) is 3.98. The SMILES string of the molecule is O=C(NO)C1CC2CCC(NS(=O)(=O)c3ccc(Oc4ccc(F)cc4)cc3)(C1)O2. The van der Waals surface area contributed by atoms with Gasteiger partial charge in [-0.2, -0.15) is 4.72 Å². The van der Waals surface area contributed by atoms with E-state index >= 15 is 0 Å². The van der Waals surface area contributed by atoms with E-state index in [-0.39, 0.29) is 23.2 Å². The topological polar surface area (TPSA) is 114 Å². The standard InChI is InChI=1S/C20H21FN2O6S/c21-14-1-3-15(4-2-14)28-16-5-7-18(8-6-16)30(26,27)23-20-10-9-17(29-20)11-13(12-20)19(24)22-25/h1-8,13,17,23,25H,9-12H2,(H,22,24). The van der Waals surface area contributed by atoms with Gasteiger partial charge >= 0.3 is 0 Å². The molecule has 0 aromatic heterocycles. The van der Waals surface area contributed by atoms with Gasteiger partial charge in [-0.3, -0.25) is 10.0 Å². The van der Waals surface area contributed by atoms with Crippen molar-refractivity contribution in [2.75, 3.05) is 0 Å². The molecule has 2 aromatic rings. The van der Waals surface area contributed by atoms with E-state index in [0.29, 0.717) is 30.8 Å². The Labute approximate surface area is 173 Å². The fraction of sp³-hybridized carbons (Fsp3) is 0.350. The minimum Gasteiger partial charge on any atom is -0.457 e. The van der Waals surface area contributed by atoms with Crippen LogP contribution in [0, 0.1) is 11.7 Å². The first-order chi connectivity index (χ1) is 14.3. The first kappa shape index (κ1) is 20.7. The van der Waals surface area contributed by atoms with Gasteiger partial charge in [0, 0.05) is 12.3 Å². The molecule has 2 bridgehead atoms. The Balaban J connectivity index is 1.48. The van der Waals surface area contributed by atoms with Gasteiger partial charge in [-0.05, 0) is 67.8 Å². The number of ether oxygens (including phenoxy) is 2. The molecule has 2 fully saturated rings. The van der Waals surface area contributed by atoms with E-state index in [4.69, 9.17) is 14.7 Å². The fourth-order valence-corrected chi connectivity index (χ4v) is 5.32. The van der Waals surface area contributed by atoms with Crippen LogP contribution in [0.2, 0.25) is 0 Å². The lowest BCUT2D eigenvalue weighted by atomic mass is 9.92. The number of nitrogens with one attached hydrogen (secondary N) is 2. The molecular formula is C20H21FN2O6S. The highest BCUT2D eigenvalue weighted by Gasteiger charge is 2.50. The molecule has 3 unspecified atom stereocenters. The van der Waals surface area contributed by atoms with Crippen molar-refractivity contribution in [2.45, 2.75) is 42.4 Å². The molecular weight excluding hydrogens is 415 g/mol. The van der Waals surface area contributed by atoms with E-state index in [9.17, 15) is 17.6 Å². The Morgan fingerprint density at radius 3 is 2.40 bits per heavy atom. The van der Waals surface area contributed by atoms with Crippen LogP contribution in [0.4, 0.5) is 4.39 Å². The molecule has 10 heteroatoms. The average molecular weight is 436 g/mol. The number of rotatable bonds is 6. The van der Waals surface area contributed by atoms with Crippen LogP contribution in [0.5, 0.6) is 11.5 Å². The molecule has 2 heterocycles. The summed E-state index contributed by atoms with van der Waals surface area (Å²) in [6.45, 7) is 0. The number of halogens is 1. The number of carbonyl (C=O) groups is 1. The molecule has 0 radical (unpaired) electrons. The minimum atomic E-state index is -3.93. The number of fused-ring (bicyclic) bond motifs is 2. The summed E-state index contributed by atoms with van der Waals surface area (Å²) in [7, 11) is -3.93. The van der Waals surface area contributed by atoms with Gasteiger partial charge in [0.05, 0.1) is 11.0 Å². The van der Waals surface area contributed by atoms with Crippen LogP contribution < -0.4 is 14.9 Å². The summed E-state index contributed by atoms with van der Waals surface area (Å²) in [5.41, 5.74) is 0.460. The molecule has 8 nitrogen and oxygen atoms in total. The van der Waals surface area contributed by atoms with Crippen LogP contribution in [0.3, 0.4) is 0 Å². The van der Waals surface area contributed by atoms with E-state index in [1.54, 1.807) is 5.48 Å². The maximum atomic E-state index is 13.0. The second-order valence-corrected chi connectivity index (χ2v) is 9.20. The minimum absolute atomic E-state index is 0.0177. The summed E-state index contributed by atoms with van der Waals surface area (Å²) in [5.74, 6) is -0.647. The van der Waals surface area contributed by atoms with Crippen LogP contribution in [-0.2, 0) is 19.6 Å². The molecule has 4 rings (SSSR count). The molecule has 2 saturated heterocycles. The highest BCUT2D eigenvalue weighted by atomic mass is 32.2. The lowest BCUT2D eigenvalue weighted by molar-refractivity contribution is -0.148. The van der Waals surface area contributed by atoms with Gasteiger partial charge < -0.3 is 9.47 Å². The van der Waals surface area contributed by atoms with Crippen molar-refractivity contribution in [2.24, 2.45) is 5.92 Å². The Morgan fingerprint density at radius 2 is 1.77 bits per heavy atom. The van der Waals surface area contributed by atoms with E-state index in [0.717, 1.165) is 0 Å². The van der Waals surface area contributed by atoms with E-state index in [1.807, 2.05) is 0 Å². The Hall–Kier alpha value is -2.53. The molecule has 0 spiro atoms. The number of carbonyl (C=O) groups excluding carboxylic acids is 1. The van der Waals surface area contributed by atoms with Crippen LogP contribution in [0.25, 0.3) is 0 Å². The van der Waals surface area contributed by atoms with Crippen molar-refractivity contribution in [3.8, 4) is 11.5 Å². The molecule has 0 aliphatic carbocycles. The summed E-state index contributed by atoms with van der Waals surface area (Å²) < 4.78 is 52.9. The highest BCUT2D eigenvalue weighted by molar-refractivity contribution is 7.89. The Bertz CT molecular complexity index is 1030. The number of hydroxylamine groups is 1. The third kappa shape index (κ3) is 4.31. The molecule has 3 N–H and O–H groups in total. The smallest absolute Gasteiger partial charge is 0.246 e. The molecule has 0 saturated carbocycles. The monoisotopic (exact) mass is 436 g/mol. The van der Waals surface area contributed by atoms with E-state index in [1.165, 1.54) is 48.5 Å². The van der Waals surface area contributed by atoms with Crippen molar-refractivity contribution < 1.29 is 32.3 Å². The summed E-state index contributed by atoms with van der Waals surface area (Å²) in [5, 5.41) is 8.91. The molecule has 30 heavy (non-hydrogen) atoms. The zero-order valence-electron chi connectivity index (χ0n) is 15.9. The van der Waals surface area contributed by atoms with Crippen LogP contribution >= 0.6 is 0 Å². The summed E-state index contributed by atoms with van der Waals surface area (Å²) in [6, 6.07) is 11.2. The number of benzene rings is 2. The molecule has 1 amide bonds. The second kappa shape index (κ2) is 7.95.